The molecule has 0 aliphatic carbocycles. The fourth-order valence-corrected chi connectivity index (χ4v) is 3.96. The molecule has 0 unspecified atom stereocenters. The van der Waals surface area contributed by atoms with Crippen molar-refractivity contribution in [3.63, 3.8) is 0 Å². The zero-order valence-electron chi connectivity index (χ0n) is 17.3. The Balaban J connectivity index is 1.54. The standard InChI is InChI=1S/C22H33N5O/c1-22(2,3)20-19(13-25-26-20)12-24-11-16-6-4-7-17(10-16)14-27-9-5-8-18(15-27)21(23)28/h4,6-7,10,13,18,24H,5,8-9,11-12,14-15H2,1-3H3,(H2,23,28)(H,25,26)/t18-/m1/s1. The van der Waals surface area contributed by atoms with E-state index in [-0.39, 0.29) is 17.2 Å². The van der Waals surface area contributed by atoms with Crippen LogP contribution in [0.5, 0.6) is 0 Å². The third-order valence-corrected chi connectivity index (χ3v) is 5.42. The van der Waals surface area contributed by atoms with Crippen LogP contribution in [-0.2, 0) is 29.8 Å². The van der Waals surface area contributed by atoms with E-state index in [0.29, 0.717) is 0 Å². The maximum absolute atomic E-state index is 11.5. The Bertz CT molecular complexity index is 792. The number of nitrogens with two attached hydrogens (primary N) is 1. The van der Waals surface area contributed by atoms with Gasteiger partial charge in [-0.15, -0.1) is 0 Å². The summed E-state index contributed by atoms with van der Waals surface area (Å²) in [6.45, 7) is 10.8. The van der Waals surface area contributed by atoms with Crippen LogP contribution in [0.4, 0.5) is 0 Å². The normalized spacial score (nSPS) is 18.3. The van der Waals surface area contributed by atoms with Crippen molar-refractivity contribution in [2.75, 3.05) is 13.1 Å². The van der Waals surface area contributed by atoms with Crippen LogP contribution in [-0.4, -0.2) is 34.1 Å². The molecule has 1 aromatic carbocycles. The van der Waals surface area contributed by atoms with Gasteiger partial charge in [-0.05, 0) is 30.5 Å². The average molecular weight is 384 g/mol. The first kappa shape index (κ1) is 20.6. The maximum Gasteiger partial charge on any atom is 0.221 e. The molecule has 1 aliphatic heterocycles. The number of benzene rings is 1. The lowest BCUT2D eigenvalue weighted by molar-refractivity contribution is -0.123. The largest absolute Gasteiger partial charge is 0.369 e. The van der Waals surface area contributed by atoms with Crippen LogP contribution in [0.1, 0.15) is 56.0 Å². The Morgan fingerprint density at radius 1 is 1.32 bits per heavy atom. The van der Waals surface area contributed by atoms with E-state index in [0.717, 1.165) is 45.6 Å². The number of primary amides is 1. The molecule has 1 aromatic heterocycles. The predicted molar refractivity (Wildman–Crippen MR) is 111 cm³/mol. The van der Waals surface area contributed by atoms with Gasteiger partial charge in [0.25, 0.3) is 0 Å². The van der Waals surface area contributed by atoms with Crippen LogP contribution in [0.3, 0.4) is 0 Å². The second kappa shape index (κ2) is 8.88. The summed E-state index contributed by atoms with van der Waals surface area (Å²) in [6.07, 6.45) is 3.87. The summed E-state index contributed by atoms with van der Waals surface area (Å²) < 4.78 is 0. The van der Waals surface area contributed by atoms with E-state index in [4.69, 9.17) is 5.73 Å². The Hall–Kier alpha value is -2.18. The van der Waals surface area contributed by atoms with Gasteiger partial charge in [0.1, 0.15) is 0 Å². The lowest BCUT2D eigenvalue weighted by Crippen LogP contribution is -2.40. The van der Waals surface area contributed by atoms with Gasteiger partial charge >= 0.3 is 0 Å². The number of carbonyl (C=O) groups excluding carboxylic acids is 1. The molecule has 28 heavy (non-hydrogen) atoms. The molecule has 4 N–H and O–H groups in total. The second-order valence-corrected chi connectivity index (χ2v) is 8.92. The first-order valence-corrected chi connectivity index (χ1v) is 10.2. The number of nitrogens with one attached hydrogen (secondary N) is 2. The zero-order valence-corrected chi connectivity index (χ0v) is 17.3. The molecule has 0 spiro atoms. The van der Waals surface area contributed by atoms with Gasteiger partial charge in [0.15, 0.2) is 0 Å². The Morgan fingerprint density at radius 2 is 2.11 bits per heavy atom. The van der Waals surface area contributed by atoms with Crippen LogP contribution in [0.2, 0.25) is 0 Å². The van der Waals surface area contributed by atoms with Gasteiger partial charge in [-0.25, -0.2) is 0 Å². The quantitative estimate of drug-likeness (QED) is 0.686. The smallest absolute Gasteiger partial charge is 0.221 e. The van der Waals surface area contributed by atoms with E-state index in [1.54, 1.807) is 0 Å². The van der Waals surface area contributed by atoms with E-state index >= 15 is 0 Å². The summed E-state index contributed by atoms with van der Waals surface area (Å²) >= 11 is 0. The lowest BCUT2D eigenvalue weighted by atomic mass is 9.89. The highest BCUT2D eigenvalue weighted by atomic mass is 16.1. The SMILES string of the molecule is CC(C)(C)c1[nH]ncc1CNCc1cccc(CN2CCC[C@@H](C(N)=O)C2)c1. The molecule has 1 aliphatic rings. The van der Waals surface area contributed by atoms with Crippen LogP contribution < -0.4 is 11.1 Å². The Labute approximate surface area is 167 Å². The summed E-state index contributed by atoms with van der Waals surface area (Å²) in [5.74, 6) is -0.179. The van der Waals surface area contributed by atoms with Crippen molar-refractivity contribution < 1.29 is 4.79 Å². The molecule has 0 radical (unpaired) electrons. The molecule has 6 heteroatoms. The predicted octanol–water partition coefficient (Wildman–Crippen LogP) is 2.69. The molecule has 1 fully saturated rings. The summed E-state index contributed by atoms with van der Waals surface area (Å²) in [6, 6.07) is 8.67. The molecule has 1 amide bonds. The third-order valence-electron chi connectivity index (χ3n) is 5.42. The van der Waals surface area contributed by atoms with Crippen molar-refractivity contribution in [2.45, 2.75) is 58.7 Å². The highest BCUT2D eigenvalue weighted by Gasteiger charge is 2.24. The fourth-order valence-electron chi connectivity index (χ4n) is 3.96. The summed E-state index contributed by atoms with van der Waals surface area (Å²) in [7, 11) is 0. The van der Waals surface area contributed by atoms with E-state index < -0.39 is 0 Å². The average Bonchev–Trinajstić information content (AvgIpc) is 3.11. The number of hydrogen-bond acceptors (Lipinski definition) is 4. The van der Waals surface area contributed by atoms with Crippen LogP contribution >= 0.6 is 0 Å². The minimum atomic E-state index is -0.170. The maximum atomic E-state index is 11.5. The van der Waals surface area contributed by atoms with E-state index in [2.05, 4.69) is 65.5 Å². The molecule has 2 aromatic rings. The minimum absolute atomic E-state index is 0.00873. The van der Waals surface area contributed by atoms with Gasteiger partial charge in [-0.1, -0.05) is 45.0 Å². The molecule has 0 bridgehead atoms. The first-order valence-electron chi connectivity index (χ1n) is 10.2. The molecule has 1 saturated heterocycles. The summed E-state index contributed by atoms with van der Waals surface area (Å²) in [5, 5.41) is 10.9. The van der Waals surface area contributed by atoms with Gasteiger partial charge in [-0.2, -0.15) is 5.10 Å². The van der Waals surface area contributed by atoms with E-state index in [9.17, 15) is 4.79 Å². The number of rotatable bonds is 7. The van der Waals surface area contributed by atoms with Crippen molar-refractivity contribution in [3.05, 3.63) is 52.8 Å². The molecule has 2 heterocycles. The number of likely N-dealkylation sites (tertiary alicyclic amines) is 1. The van der Waals surface area contributed by atoms with Crippen molar-refractivity contribution >= 4 is 5.91 Å². The number of aromatic amines is 1. The summed E-state index contributed by atoms with van der Waals surface area (Å²) in [4.78, 5) is 13.8. The van der Waals surface area contributed by atoms with Crippen LogP contribution in [0, 0.1) is 5.92 Å². The number of H-pyrrole nitrogens is 1. The van der Waals surface area contributed by atoms with Crippen LogP contribution in [0.25, 0.3) is 0 Å². The molecule has 1 atom stereocenters. The van der Waals surface area contributed by atoms with Crippen molar-refractivity contribution in [1.29, 1.82) is 0 Å². The van der Waals surface area contributed by atoms with Gasteiger partial charge in [0.2, 0.25) is 5.91 Å². The zero-order chi connectivity index (χ0) is 20.1. The molecule has 152 valence electrons. The van der Waals surface area contributed by atoms with Gasteiger partial charge in [0.05, 0.1) is 12.1 Å². The molecular weight excluding hydrogens is 350 g/mol. The number of nitrogens with zero attached hydrogens (tertiary/aromatic N) is 2. The number of piperidine rings is 1. The van der Waals surface area contributed by atoms with Crippen molar-refractivity contribution in [3.8, 4) is 0 Å². The van der Waals surface area contributed by atoms with Gasteiger partial charge < -0.3 is 11.1 Å². The lowest BCUT2D eigenvalue weighted by Gasteiger charge is -2.31. The number of carbonyl (C=O) groups is 1. The molecule has 0 saturated carbocycles. The number of aromatic nitrogens is 2. The summed E-state index contributed by atoms with van der Waals surface area (Å²) in [5.41, 5.74) is 10.5. The number of hydrogen-bond donors (Lipinski definition) is 3. The van der Waals surface area contributed by atoms with Crippen LogP contribution in [0.15, 0.2) is 30.5 Å². The topological polar surface area (TPSA) is 87.0 Å². The van der Waals surface area contributed by atoms with E-state index in [1.807, 2.05) is 6.20 Å². The minimum Gasteiger partial charge on any atom is -0.369 e. The third kappa shape index (κ3) is 5.42. The first-order chi connectivity index (χ1) is 13.3. The molecular formula is C22H33N5O. The van der Waals surface area contributed by atoms with Gasteiger partial charge in [-0.3, -0.25) is 14.8 Å². The van der Waals surface area contributed by atoms with Crippen molar-refractivity contribution in [1.82, 2.24) is 20.4 Å². The van der Waals surface area contributed by atoms with Crippen molar-refractivity contribution in [2.24, 2.45) is 11.7 Å². The highest BCUT2D eigenvalue weighted by molar-refractivity contribution is 5.76. The van der Waals surface area contributed by atoms with Gasteiger partial charge in [0, 0.05) is 42.9 Å². The molecule has 3 rings (SSSR count). The molecule has 6 nitrogen and oxygen atoms in total. The Kier molecular flexibility index (Phi) is 6.52. The van der Waals surface area contributed by atoms with E-state index in [1.165, 1.54) is 22.4 Å². The fraction of sp³-hybridized carbons (Fsp3) is 0.545. The second-order valence-electron chi connectivity index (χ2n) is 8.92. The monoisotopic (exact) mass is 383 g/mol. The highest BCUT2D eigenvalue weighted by Crippen LogP contribution is 2.23. The Morgan fingerprint density at radius 3 is 2.86 bits per heavy atom. The number of amides is 1.